The Hall–Kier alpha value is -4.11. The molecule has 158 valence electrons. The Morgan fingerprint density at radius 2 is 1.97 bits per heavy atom. The highest BCUT2D eigenvalue weighted by atomic mass is 32.1. The molecule has 0 aliphatic carbocycles. The number of fused-ring (bicyclic) bond motifs is 2. The quantitative estimate of drug-likeness (QED) is 0.418. The van der Waals surface area contributed by atoms with Crippen LogP contribution in [0.15, 0.2) is 64.4 Å². The number of carbonyl (C=O) groups excluding carboxylic acids is 1. The molecule has 8 nitrogen and oxygen atoms in total. The Kier molecular flexibility index (Phi) is 4.22. The molecule has 0 atom stereocenters. The van der Waals surface area contributed by atoms with Crippen LogP contribution in [0.25, 0.3) is 27.4 Å². The third-order valence-corrected chi connectivity index (χ3v) is 5.88. The molecule has 4 heterocycles. The minimum Gasteiger partial charge on any atom is -0.454 e. The number of anilines is 1. The summed E-state index contributed by atoms with van der Waals surface area (Å²) in [5, 5.41) is 10.8. The summed E-state index contributed by atoms with van der Waals surface area (Å²) < 4.78 is 18.1. The SMILES string of the molecule is Cc1cc(NC(=O)c2cc3ccccc3o2)n(-c2nc(-c3ccc4c(c3)OCO4)cs2)n1. The van der Waals surface area contributed by atoms with E-state index in [4.69, 9.17) is 18.9 Å². The first kappa shape index (κ1) is 18.6. The van der Waals surface area contributed by atoms with Crippen LogP contribution in [-0.2, 0) is 0 Å². The zero-order valence-corrected chi connectivity index (χ0v) is 17.7. The second-order valence-electron chi connectivity index (χ2n) is 7.27. The van der Waals surface area contributed by atoms with Crippen LogP contribution in [-0.4, -0.2) is 27.5 Å². The molecule has 0 fully saturated rings. The molecule has 1 amide bonds. The summed E-state index contributed by atoms with van der Waals surface area (Å²) >= 11 is 1.43. The van der Waals surface area contributed by atoms with Crippen LogP contribution >= 0.6 is 11.3 Å². The number of furan rings is 1. The number of carbonyl (C=O) groups is 1. The monoisotopic (exact) mass is 444 g/mol. The molecule has 0 saturated carbocycles. The number of aromatic nitrogens is 3. The summed E-state index contributed by atoms with van der Waals surface area (Å²) in [7, 11) is 0. The number of aryl methyl sites for hydroxylation is 1. The van der Waals surface area contributed by atoms with Crippen LogP contribution in [0.1, 0.15) is 16.2 Å². The number of nitrogens with one attached hydrogen (secondary N) is 1. The number of hydrogen-bond acceptors (Lipinski definition) is 7. The minimum atomic E-state index is -0.352. The first-order valence-corrected chi connectivity index (χ1v) is 10.7. The summed E-state index contributed by atoms with van der Waals surface area (Å²) in [5.74, 6) is 1.82. The van der Waals surface area contributed by atoms with E-state index < -0.39 is 0 Å². The van der Waals surface area contributed by atoms with Gasteiger partial charge in [-0.2, -0.15) is 9.78 Å². The van der Waals surface area contributed by atoms with Gasteiger partial charge in [0.05, 0.1) is 11.4 Å². The first-order valence-electron chi connectivity index (χ1n) is 9.86. The van der Waals surface area contributed by atoms with Crippen molar-refractivity contribution < 1.29 is 18.7 Å². The van der Waals surface area contributed by atoms with E-state index >= 15 is 0 Å². The normalized spacial score (nSPS) is 12.4. The Morgan fingerprint density at radius 1 is 1.09 bits per heavy atom. The summed E-state index contributed by atoms with van der Waals surface area (Å²) in [6, 6.07) is 16.7. The Morgan fingerprint density at radius 3 is 2.88 bits per heavy atom. The predicted octanol–water partition coefficient (Wildman–Crippen LogP) is 5.03. The fraction of sp³-hybridized carbons (Fsp3) is 0.0870. The van der Waals surface area contributed by atoms with E-state index in [1.165, 1.54) is 11.3 Å². The molecule has 1 aliphatic heterocycles. The van der Waals surface area contributed by atoms with Crippen molar-refractivity contribution >= 4 is 34.0 Å². The zero-order valence-electron chi connectivity index (χ0n) is 16.9. The largest absolute Gasteiger partial charge is 0.454 e. The highest BCUT2D eigenvalue weighted by Gasteiger charge is 2.19. The van der Waals surface area contributed by atoms with Crippen LogP contribution in [0.2, 0.25) is 0 Å². The average molecular weight is 444 g/mol. The van der Waals surface area contributed by atoms with Crippen molar-refractivity contribution in [3.05, 3.63) is 71.4 Å². The summed E-state index contributed by atoms with van der Waals surface area (Å²) in [4.78, 5) is 17.5. The number of ether oxygens (including phenoxy) is 2. The lowest BCUT2D eigenvalue weighted by molar-refractivity contribution is 0.0998. The lowest BCUT2D eigenvalue weighted by Gasteiger charge is -2.05. The van der Waals surface area contributed by atoms with Crippen molar-refractivity contribution in [2.75, 3.05) is 12.1 Å². The number of rotatable bonds is 4. The van der Waals surface area contributed by atoms with E-state index in [1.54, 1.807) is 16.8 Å². The van der Waals surface area contributed by atoms with Crippen molar-refractivity contribution in [2.45, 2.75) is 6.92 Å². The van der Waals surface area contributed by atoms with Gasteiger partial charge in [0, 0.05) is 22.4 Å². The Bertz CT molecular complexity index is 1450. The van der Waals surface area contributed by atoms with E-state index in [0.717, 1.165) is 28.1 Å². The van der Waals surface area contributed by atoms with E-state index in [9.17, 15) is 4.79 Å². The third kappa shape index (κ3) is 3.19. The number of amides is 1. The summed E-state index contributed by atoms with van der Waals surface area (Å²) in [6.07, 6.45) is 0. The van der Waals surface area contributed by atoms with Crippen molar-refractivity contribution in [3.63, 3.8) is 0 Å². The molecule has 0 saturated heterocycles. The van der Waals surface area contributed by atoms with Gasteiger partial charge in [0.25, 0.3) is 5.91 Å². The molecule has 0 bridgehead atoms. The van der Waals surface area contributed by atoms with Gasteiger partial charge in [0.1, 0.15) is 11.4 Å². The predicted molar refractivity (Wildman–Crippen MR) is 120 cm³/mol. The van der Waals surface area contributed by atoms with Gasteiger partial charge in [0.2, 0.25) is 11.9 Å². The molecule has 0 radical (unpaired) electrons. The molecular weight excluding hydrogens is 428 g/mol. The van der Waals surface area contributed by atoms with Gasteiger partial charge in [-0.3, -0.25) is 4.79 Å². The van der Waals surface area contributed by atoms with Crippen molar-refractivity contribution in [1.29, 1.82) is 0 Å². The Balaban J connectivity index is 1.29. The maximum Gasteiger partial charge on any atom is 0.292 e. The highest BCUT2D eigenvalue weighted by Crippen LogP contribution is 2.36. The first-order chi connectivity index (χ1) is 15.6. The molecular formula is C23H16N4O4S. The third-order valence-electron chi connectivity index (χ3n) is 5.06. The smallest absolute Gasteiger partial charge is 0.292 e. The average Bonchev–Trinajstić information content (AvgIpc) is 3.58. The molecule has 1 N–H and O–H groups in total. The topological polar surface area (TPSA) is 91.4 Å². The standard InChI is InChI=1S/C23H16N4O4S/c1-13-8-21(25-22(28)20-10-15-4-2-3-5-17(15)31-20)27(26-13)23-24-16(11-32-23)14-6-7-18-19(9-14)30-12-29-18/h2-11H,12H2,1H3,(H,25,28). The van der Waals surface area contributed by atoms with Crippen molar-refractivity contribution in [2.24, 2.45) is 0 Å². The van der Waals surface area contributed by atoms with E-state index in [2.05, 4.69) is 10.4 Å². The number of para-hydroxylation sites is 1. The fourth-order valence-corrected chi connectivity index (χ4v) is 4.35. The van der Waals surface area contributed by atoms with E-state index in [0.29, 0.717) is 22.3 Å². The van der Waals surface area contributed by atoms with Crippen LogP contribution < -0.4 is 14.8 Å². The van der Waals surface area contributed by atoms with E-state index in [1.807, 2.05) is 54.8 Å². The van der Waals surface area contributed by atoms with Gasteiger partial charge in [-0.05, 0) is 37.3 Å². The molecule has 3 aromatic heterocycles. The molecule has 2 aromatic carbocycles. The summed E-state index contributed by atoms with van der Waals surface area (Å²) in [5.41, 5.74) is 3.11. The molecule has 0 spiro atoms. The van der Waals surface area contributed by atoms with Crippen LogP contribution in [0.5, 0.6) is 11.5 Å². The molecule has 5 aromatic rings. The maximum atomic E-state index is 12.8. The van der Waals surface area contributed by atoms with Gasteiger partial charge in [-0.15, -0.1) is 11.3 Å². The second-order valence-corrected chi connectivity index (χ2v) is 8.11. The van der Waals surface area contributed by atoms with Gasteiger partial charge >= 0.3 is 0 Å². The number of hydrogen-bond donors (Lipinski definition) is 1. The highest BCUT2D eigenvalue weighted by molar-refractivity contribution is 7.12. The molecule has 6 rings (SSSR count). The summed E-state index contributed by atoms with van der Waals surface area (Å²) in [6.45, 7) is 2.08. The molecule has 1 aliphatic rings. The van der Waals surface area contributed by atoms with Gasteiger partial charge < -0.3 is 19.2 Å². The van der Waals surface area contributed by atoms with Crippen molar-refractivity contribution in [1.82, 2.24) is 14.8 Å². The van der Waals surface area contributed by atoms with Crippen LogP contribution in [0.4, 0.5) is 5.82 Å². The number of thiazole rings is 1. The second kappa shape index (κ2) is 7.24. The molecule has 0 unspecified atom stereocenters. The lowest BCUT2D eigenvalue weighted by Crippen LogP contribution is -2.14. The van der Waals surface area contributed by atoms with E-state index in [-0.39, 0.29) is 18.5 Å². The number of nitrogens with zero attached hydrogens (tertiary/aromatic N) is 3. The van der Waals surface area contributed by atoms with Gasteiger partial charge in [-0.25, -0.2) is 4.98 Å². The fourth-order valence-electron chi connectivity index (χ4n) is 3.56. The van der Waals surface area contributed by atoms with Crippen LogP contribution in [0, 0.1) is 6.92 Å². The van der Waals surface area contributed by atoms with Gasteiger partial charge in [0.15, 0.2) is 17.3 Å². The minimum absolute atomic E-state index is 0.224. The molecule has 32 heavy (non-hydrogen) atoms. The maximum absolute atomic E-state index is 12.8. The molecule has 9 heteroatoms. The Labute approximate surface area is 186 Å². The van der Waals surface area contributed by atoms with Crippen LogP contribution in [0.3, 0.4) is 0 Å². The number of benzene rings is 2. The lowest BCUT2D eigenvalue weighted by atomic mass is 10.1. The van der Waals surface area contributed by atoms with Crippen molar-refractivity contribution in [3.8, 4) is 27.9 Å². The zero-order chi connectivity index (χ0) is 21.7. The van der Waals surface area contributed by atoms with Gasteiger partial charge in [-0.1, -0.05) is 18.2 Å².